The van der Waals surface area contributed by atoms with Gasteiger partial charge in [-0.3, -0.25) is 9.69 Å². The van der Waals surface area contributed by atoms with Crippen molar-refractivity contribution in [3.8, 4) is 5.75 Å². The van der Waals surface area contributed by atoms with Crippen LogP contribution < -0.4 is 10.5 Å². The normalized spacial score (nSPS) is 19.8. The van der Waals surface area contributed by atoms with E-state index in [1.165, 1.54) is 18.4 Å². The van der Waals surface area contributed by atoms with Gasteiger partial charge in [-0.15, -0.1) is 0 Å². The predicted molar refractivity (Wildman–Crippen MR) is 79.6 cm³/mol. The minimum atomic E-state index is -0.205. The number of likely N-dealkylation sites (tertiary alicyclic amines) is 1. The molecule has 0 unspecified atom stereocenters. The number of carbonyl (C=O) groups is 1. The monoisotopic (exact) mass is 276 g/mol. The molecule has 0 saturated carbocycles. The fourth-order valence-corrected chi connectivity index (χ4v) is 2.93. The predicted octanol–water partition coefficient (Wildman–Crippen LogP) is 2.23. The molecule has 4 heteroatoms. The molecule has 0 aliphatic carbocycles. The van der Waals surface area contributed by atoms with Gasteiger partial charge in [-0.25, -0.2) is 0 Å². The molecule has 110 valence electrons. The van der Waals surface area contributed by atoms with Crippen molar-refractivity contribution in [3.63, 3.8) is 0 Å². The summed E-state index contributed by atoms with van der Waals surface area (Å²) in [6, 6.07) is 6.59. The quantitative estimate of drug-likeness (QED) is 0.897. The number of carbonyl (C=O) groups excluding carboxylic acids is 1. The summed E-state index contributed by atoms with van der Waals surface area (Å²) in [5.74, 6) is 0.717. The van der Waals surface area contributed by atoms with Gasteiger partial charge in [0.2, 0.25) is 5.91 Å². The minimum Gasteiger partial charge on any atom is -0.496 e. The van der Waals surface area contributed by atoms with Crippen LogP contribution in [0.4, 0.5) is 0 Å². The average Bonchev–Trinajstić information content (AvgIpc) is 2.42. The molecule has 0 bridgehead atoms. The van der Waals surface area contributed by atoms with E-state index >= 15 is 0 Å². The number of piperidine rings is 1. The summed E-state index contributed by atoms with van der Waals surface area (Å²) in [5.41, 5.74) is 7.73. The third-order valence-electron chi connectivity index (χ3n) is 4.04. The van der Waals surface area contributed by atoms with Crippen molar-refractivity contribution in [2.75, 3.05) is 13.7 Å². The maximum atomic E-state index is 11.2. The van der Waals surface area contributed by atoms with Crippen LogP contribution >= 0.6 is 0 Å². The SMILES string of the molecule is COc1cc(CN2CCCC[C@@H]2CC(N)=O)ccc1C. The molecular weight excluding hydrogens is 252 g/mol. The van der Waals surface area contributed by atoms with Crippen LogP contribution in [0.25, 0.3) is 0 Å². The Kier molecular flexibility index (Phi) is 5.01. The molecule has 20 heavy (non-hydrogen) atoms. The lowest BCUT2D eigenvalue weighted by atomic mass is 9.98. The summed E-state index contributed by atoms with van der Waals surface area (Å²) in [4.78, 5) is 13.6. The fourth-order valence-electron chi connectivity index (χ4n) is 2.93. The van der Waals surface area contributed by atoms with Gasteiger partial charge >= 0.3 is 0 Å². The second-order valence-electron chi connectivity index (χ2n) is 5.59. The second-order valence-corrected chi connectivity index (χ2v) is 5.59. The Bertz CT molecular complexity index is 474. The molecular formula is C16H24N2O2. The van der Waals surface area contributed by atoms with Gasteiger partial charge in [-0.05, 0) is 43.5 Å². The van der Waals surface area contributed by atoms with Gasteiger partial charge in [0.25, 0.3) is 0 Å². The van der Waals surface area contributed by atoms with Crippen molar-refractivity contribution in [1.82, 2.24) is 4.90 Å². The average molecular weight is 276 g/mol. The first kappa shape index (κ1) is 14.9. The van der Waals surface area contributed by atoms with E-state index in [9.17, 15) is 4.79 Å². The summed E-state index contributed by atoms with van der Waals surface area (Å²) >= 11 is 0. The number of benzene rings is 1. The molecule has 0 aromatic heterocycles. The third kappa shape index (κ3) is 3.73. The van der Waals surface area contributed by atoms with Crippen molar-refractivity contribution in [1.29, 1.82) is 0 Å². The van der Waals surface area contributed by atoms with E-state index < -0.39 is 0 Å². The highest BCUT2D eigenvalue weighted by Gasteiger charge is 2.24. The zero-order chi connectivity index (χ0) is 14.5. The number of nitrogens with zero attached hydrogens (tertiary/aromatic N) is 1. The highest BCUT2D eigenvalue weighted by Crippen LogP contribution is 2.24. The summed E-state index contributed by atoms with van der Waals surface area (Å²) in [5, 5.41) is 0. The smallest absolute Gasteiger partial charge is 0.218 e. The lowest BCUT2D eigenvalue weighted by Gasteiger charge is -2.35. The van der Waals surface area contributed by atoms with E-state index in [1.54, 1.807) is 7.11 Å². The molecule has 1 fully saturated rings. The van der Waals surface area contributed by atoms with Gasteiger partial charge in [-0.1, -0.05) is 18.6 Å². The van der Waals surface area contributed by atoms with Gasteiger partial charge in [0, 0.05) is 19.0 Å². The molecule has 4 nitrogen and oxygen atoms in total. The van der Waals surface area contributed by atoms with Gasteiger partial charge in [0.1, 0.15) is 5.75 Å². The Hall–Kier alpha value is -1.55. The molecule has 1 aromatic rings. The topological polar surface area (TPSA) is 55.6 Å². The molecule has 0 spiro atoms. The van der Waals surface area contributed by atoms with Gasteiger partial charge in [0.05, 0.1) is 7.11 Å². The Morgan fingerprint density at radius 1 is 1.45 bits per heavy atom. The number of amides is 1. The maximum Gasteiger partial charge on any atom is 0.218 e. The minimum absolute atomic E-state index is 0.205. The standard InChI is InChI=1S/C16H24N2O2/c1-12-6-7-13(9-15(12)20-2)11-18-8-4-3-5-14(18)10-16(17)19/h6-7,9,14H,3-5,8,10-11H2,1-2H3,(H2,17,19)/t14-/m1/s1. The van der Waals surface area contributed by atoms with Gasteiger partial charge in [0.15, 0.2) is 0 Å². The number of hydrogen-bond donors (Lipinski definition) is 1. The van der Waals surface area contributed by atoms with Crippen LogP contribution in [-0.4, -0.2) is 30.5 Å². The van der Waals surface area contributed by atoms with E-state index in [1.807, 2.05) is 6.92 Å². The molecule has 0 radical (unpaired) electrons. The summed E-state index contributed by atoms with van der Waals surface area (Å²) in [7, 11) is 1.70. The Morgan fingerprint density at radius 2 is 2.25 bits per heavy atom. The lowest BCUT2D eigenvalue weighted by molar-refractivity contribution is -0.119. The number of methoxy groups -OCH3 is 1. The van der Waals surface area contributed by atoms with E-state index in [-0.39, 0.29) is 11.9 Å². The van der Waals surface area contributed by atoms with E-state index in [0.717, 1.165) is 30.8 Å². The van der Waals surface area contributed by atoms with Crippen molar-refractivity contribution >= 4 is 5.91 Å². The van der Waals surface area contributed by atoms with Crippen LogP contribution in [0.15, 0.2) is 18.2 Å². The Morgan fingerprint density at radius 3 is 2.95 bits per heavy atom. The molecule has 1 aliphatic heterocycles. The molecule has 2 N–H and O–H groups in total. The fraction of sp³-hybridized carbons (Fsp3) is 0.562. The maximum absolute atomic E-state index is 11.2. The van der Waals surface area contributed by atoms with Crippen molar-refractivity contribution < 1.29 is 9.53 Å². The van der Waals surface area contributed by atoms with Crippen LogP contribution in [0, 0.1) is 6.92 Å². The first-order valence-corrected chi connectivity index (χ1v) is 7.26. The molecule has 1 aromatic carbocycles. The number of rotatable bonds is 5. The van der Waals surface area contributed by atoms with Gasteiger partial charge < -0.3 is 10.5 Å². The van der Waals surface area contributed by atoms with Crippen LogP contribution in [-0.2, 0) is 11.3 Å². The second kappa shape index (κ2) is 6.75. The van der Waals surface area contributed by atoms with Crippen molar-refractivity contribution in [3.05, 3.63) is 29.3 Å². The van der Waals surface area contributed by atoms with E-state index in [4.69, 9.17) is 10.5 Å². The number of primary amides is 1. The molecule has 1 amide bonds. The number of hydrogen-bond acceptors (Lipinski definition) is 3. The van der Waals surface area contributed by atoms with Crippen LogP contribution in [0.5, 0.6) is 5.75 Å². The summed E-state index contributed by atoms with van der Waals surface area (Å²) in [6.45, 7) is 3.93. The summed E-state index contributed by atoms with van der Waals surface area (Å²) in [6.07, 6.45) is 3.90. The largest absolute Gasteiger partial charge is 0.496 e. The molecule has 2 rings (SSSR count). The molecule has 1 heterocycles. The zero-order valence-electron chi connectivity index (χ0n) is 12.4. The number of ether oxygens (including phenoxy) is 1. The third-order valence-corrected chi connectivity index (χ3v) is 4.04. The van der Waals surface area contributed by atoms with Crippen LogP contribution in [0.2, 0.25) is 0 Å². The highest BCUT2D eigenvalue weighted by molar-refractivity contribution is 5.74. The Balaban J connectivity index is 2.08. The molecule has 1 saturated heterocycles. The van der Waals surface area contributed by atoms with E-state index in [0.29, 0.717) is 6.42 Å². The zero-order valence-corrected chi connectivity index (χ0v) is 12.4. The number of nitrogens with two attached hydrogens (primary N) is 1. The van der Waals surface area contributed by atoms with Crippen molar-refractivity contribution in [2.24, 2.45) is 5.73 Å². The van der Waals surface area contributed by atoms with E-state index in [2.05, 4.69) is 23.1 Å². The highest BCUT2D eigenvalue weighted by atomic mass is 16.5. The number of aryl methyl sites for hydroxylation is 1. The molecule has 1 atom stereocenters. The van der Waals surface area contributed by atoms with Crippen molar-refractivity contribution in [2.45, 2.75) is 45.2 Å². The lowest BCUT2D eigenvalue weighted by Crippen LogP contribution is -2.41. The van der Waals surface area contributed by atoms with Gasteiger partial charge in [-0.2, -0.15) is 0 Å². The first-order chi connectivity index (χ1) is 9.60. The van der Waals surface area contributed by atoms with Crippen LogP contribution in [0.3, 0.4) is 0 Å². The van der Waals surface area contributed by atoms with Crippen LogP contribution in [0.1, 0.15) is 36.8 Å². The summed E-state index contributed by atoms with van der Waals surface area (Å²) < 4.78 is 5.37. The Labute approximate surface area is 120 Å². The molecule has 1 aliphatic rings. The first-order valence-electron chi connectivity index (χ1n) is 7.26.